The van der Waals surface area contributed by atoms with E-state index in [1.807, 2.05) is 20.8 Å². The number of thiophene rings is 1. The Morgan fingerprint density at radius 1 is 1.30 bits per heavy atom. The van der Waals surface area contributed by atoms with Crippen molar-refractivity contribution >= 4 is 33.3 Å². The molecule has 7 heteroatoms. The van der Waals surface area contributed by atoms with Crippen LogP contribution in [0.2, 0.25) is 0 Å². The van der Waals surface area contributed by atoms with Gasteiger partial charge in [0, 0.05) is 19.6 Å². The number of aryl methyl sites for hydroxylation is 2. The van der Waals surface area contributed by atoms with Crippen LogP contribution in [0.25, 0.3) is 10.2 Å². The van der Waals surface area contributed by atoms with E-state index in [1.54, 1.807) is 0 Å². The normalized spacial score (nSPS) is 15.2. The number of nitrogens with zero attached hydrogens (tertiary/aromatic N) is 3. The van der Waals surface area contributed by atoms with Gasteiger partial charge in [-0.3, -0.25) is 4.79 Å². The maximum atomic E-state index is 12.4. The van der Waals surface area contributed by atoms with Crippen LogP contribution >= 0.6 is 11.3 Å². The summed E-state index contributed by atoms with van der Waals surface area (Å²) in [5, 5.41) is 3.96. The molecule has 1 aliphatic heterocycles. The Labute approximate surface area is 139 Å². The van der Waals surface area contributed by atoms with Crippen molar-refractivity contribution in [3.05, 3.63) is 16.3 Å². The van der Waals surface area contributed by atoms with E-state index in [0.717, 1.165) is 51.8 Å². The summed E-state index contributed by atoms with van der Waals surface area (Å²) in [5.41, 5.74) is 0.972. The van der Waals surface area contributed by atoms with Crippen LogP contribution in [0.15, 0.2) is 0 Å². The van der Waals surface area contributed by atoms with E-state index in [9.17, 15) is 4.79 Å². The molecule has 124 valence electrons. The fourth-order valence-corrected chi connectivity index (χ4v) is 3.90. The number of rotatable bonds is 4. The van der Waals surface area contributed by atoms with Gasteiger partial charge >= 0.3 is 0 Å². The summed E-state index contributed by atoms with van der Waals surface area (Å²) in [6.07, 6.45) is 0.924. The Balaban J connectivity index is 2.06. The molecule has 1 saturated heterocycles. The number of hydrogen-bond acceptors (Lipinski definition) is 6. The van der Waals surface area contributed by atoms with E-state index < -0.39 is 0 Å². The van der Waals surface area contributed by atoms with Gasteiger partial charge in [-0.1, -0.05) is 6.92 Å². The van der Waals surface area contributed by atoms with E-state index >= 15 is 0 Å². The minimum atomic E-state index is -0.0158. The zero-order chi connectivity index (χ0) is 16.4. The quantitative estimate of drug-likeness (QED) is 0.929. The fourth-order valence-electron chi connectivity index (χ4n) is 2.76. The first-order chi connectivity index (χ1) is 11.1. The first-order valence-electron chi connectivity index (χ1n) is 8.00. The van der Waals surface area contributed by atoms with Crippen LogP contribution in [0.3, 0.4) is 0 Å². The minimum Gasteiger partial charge on any atom is -0.378 e. The third-order valence-corrected chi connectivity index (χ3v) is 5.12. The zero-order valence-electron chi connectivity index (χ0n) is 13.8. The molecule has 0 aliphatic carbocycles. The molecule has 1 amide bonds. The maximum Gasteiger partial charge on any atom is 0.261 e. The Morgan fingerprint density at radius 3 is 2.74 bits per heavy atom. The highest BCUT2D eigenvalue weighted by Gasteiger charge is 2.23. The number of morpholine rings is 1. The first kappa shape index (κ1) is 16.1. The molecule has 1 fully saturated rings. The topological polar surface area (TPSA) is 67.4 Å². The number of nitrogens with one attached hydrogen (secondary N) is 1. The van der Waals surface area contributed by atoms with E-state index in [-0.39, 0.29) is 5.91 Å². The van der Waals surface area contributed by atoms with Crippen LogP contribution in [-0.2, 0) is 4.74 Å². The molecule has 0 bridgehead atoms. The maximum absolute atomic E-state index is 12.4. The SMILES string of the molecule is CCCNC(=O)c1sc2nc(C)nc(N3CCOCC3)c2c1C. The number of carbonyl (C=O) groups is 1. The van der Waals surface area contributed by atoms with Crippen molar-refractivity contribution < 1.29 is 9.53 Å². The Bertz CT molecular complexity index is 722. The number of amides is 1. The predicted octanol–water partition coefficient (Wildman–Crippen LogP) is 2.28. The monoisotopic (exact) mass is 334 g/mol. The molecule has 0 spiro atoms. The molecule has 3 rings (SSSR count). The van der Waals surface area contributed by atoms with Gasteiger partial charge in [-0.05, 0) is 25.8 Å². The highest BCUT2D eigenvalue weighted by Crippen LogP contribution is 2.35. The minimum absolute atomic E-state index is 0.0158. The summed E-state index contributed by atoms with van der Waals surface area (Å²) >= 11 is 1.45. The van der Waals surface area contributed by atoms with Crippen LogP contribution in [0.5, 0.6) is 0 Å². The van der Waals surface area contributed by atoms with Gasteiger partial charge in [0.2, 0.25) is 0 Å². The molecule has 23 heavy (non-hydrogen) atoms. The molecule has 2 aromatic heterocycles. The molecule has 0 radical (unpaired) electrons. The lowest BCUT2D eigenvalue weighted by Crippen LogP contribution is -2.37. The summed E-state index contributed by atoms with van der Waals surface area (Å²) in [7, 11) is 0. The number of anilines is 1. The highest BCUT2D eigenvalue weighted by molar-refractivity contribution is 7.20. The zero-order valence-corrected chi connectivity index (χ0v) is 14.6. The first-order valence-corrected chi connectivity index (χ1v) is 8.82. The van der Waals surface area contributed by atoms with Gasteiger partial charge < -0.3 is 15.0 Å². The number of carbonyl (C=O) groups excluding carboxylic acids is 1. The summed E-state index contributed by atoms with van der Waals surface area (Å²) in [4.78, 5) is 25.4. The lowest BCUT2D eigenvalue weighted by Gasteiger charge is -2.28. The van der Waals surface area contributed by atoms with E-state index in [4.69, 9.17) is 4.74 Å². The number of fused-ring (bicyclic) bond motifs is 1. The van der Waals surface area contributed by atoms with Crippen LogP contribution < -0.4 is 10.2 Å². The third-order valence-electron chi connectivity index (χ3n) is 3.94. The summed E-state index contributed by atoms with van der Waals surface area (Å²) < 4.78 is 5.43. The predicted molar refractivity (Wildman–Crippen MR) is 92.5 cm³/mol. The van der Waals surface area contributed by atoms with Gasteiger partial charge in [-0.15, -0.1) is 11.3 Å². The molecule has 0 unspecified atom stereocenters. The fraction of sp³-hybridized carbons (Fsp3) is 0.562. The number of hydrogen-bond donors (Lipinski definition) is 1. The molecule has 1 aliphatic rings. The molecule has 3 heterocycles. The van der Waals surface area contributed by atoms with Crippen LogP contribution in [0, 0.1) is 13.8 Å². The molecular formula is C16H22N4O2S. The molecular weight excluding hydrogens is 312 g/mol. The van der Waals surface area contributed by atoms with Crippen molar-refractivity contribution in [2.45, 2.75) is 27.2 Å². The molecule has 6 nitrogen and oxygen atoms in total. The highest BCUT2D eigenvalue weighted by atomic mass is 32.1. The van der Waals surface area contributed by atoms with E-state index in [0.29, 0.717) is 19.8 Å². The van der Waals surface area contributed by atoms with Gasteiger partial charge in [0.25, 0.3) is 5.91 Å². The van der Waals surface area contributed by atoms with Crippen LogP contribution in [-0.4, -0.2) is 48.7 Å². The van der Waals surface area contributed by atoms with Crippen molar-refractivity contribution in [2.75, 3.05) is 37.7 Å². The second-order valence-corrected chi connectivity index (χ2v) is 6.69. The largest absolute Gasteiger partial charge is 0.378 e. The van der Waals surface area contributed by atoms with Gasteiger partial charge in [-0.2, -0.15) is 0 Å². The standard InChI is InChI=1S/C16H22N4O2S/c1-4-5-17-15(21)13-10(2)12-14(20-6-8-22-9-7-20)18-11(3)19-16(12)23-13/h4-9H2,1-3H3,(H,17,21). The van der Waals surface area contributed by atoms with Crippen LogP contribution in [0.1, 0.15) is 34.4 Å². The Hall–Kier alpha value is -1.73. The van der Waals surface area contributed by atoms with Crippen molar-refractivity contribution in [1.29, 1.82) is 0 Å². The average Bonchev–Trinajstić information content (AvgIpc) is 2.89. The van der Waals surface area contributed by atoms with Crippen molar-refractivity contribution in [1.82, 2.24) is 15.3 Å². The summed E-state index contributed by atoms with van der Waals surface area (Å²) in [5.74, 6) is 1.65. The molecule has 0 atom stereocenters. The van der Waals surface area contributed by atoms with Gasteiger partial charge in [0.1, 0.15) is 16.5 Å². The molecule has 2 aromatic rings. The van der Waals surface area contributed by atoms with E-state index in [2.05, 4.69) is 20.2 Å². The number of aromatic nitrogens is 2. The summed E-state index contributed by atoms with van der Waals surface area (Å²) in [6, 6.07) is 0. The Morgan fingerprint density at radius 2 is 2.04 bits per heavy atom. The number of ether oxygens (including phenoxy) is 1. The molecule has 0 aromatic carbocycles. The second-order valence-electron chi connectivity index (χ2n) is 5.69. The second kappa shape index (κ2) is 6.80. The smallest absolute Gasteiger partial charge is 0.261 e. The van der Waals surface area contributed by atoms with E-state index in [1.165, 1.54) is 11.3 Å². The van der Waals surface area contributed by atoms with Gasteiger partial charge in [-0.25, -0.2) is 9.97 Å². The molecule has 1 N–H and O–H groups in total. The van der Waals surface area contributed by atoms with Gasteiger partial charge in [0.05, 0.1) is 23.5 Å². The Kier molecular flexibility index (Phi) is 4.77. The third kappa shape index (κ3) is 3.16. The lowest BCUT2D eigenvalue weighted by molar-refractivity contribution is 0.0957. The van der Waals surface area contributed by atoms with Gasteiger partial charge in [0.15, 0.2) is 0 Å². The molecule has 0 saturated carbocycles. The lowest BCUT2D eigenvalue weighted by atomic mass is 10.1. The summed E-state index contributed by atoms with van der Waals surface area (Å²) in [6.45, 7) is 9.67. The average molecular weight is 334 g/mol. The van der Waals surface area contributed by atoms with Crippen molar-refractivity contribution in [2.24, 2.45) is 0 Å². The van der Waals surface area contributed by atoms with Crippen molar-refractivity contribution in [3.63, 3.8) is 0 Å². The van der Waals surface area contributed by atoms with Crippen LogP contribution in [0.4, 0.5) is 5.82 Å². The van der Waals surface area contributed by atoms with Crippen molar-refractivity contribution in [3.8, 4) is 0 Å².